The zero-order valence-corrected chi connectivity index (χ0v) is 20.4. The second-order valence-corrected chi connectivity index (χ2v) is 39.5. The third kappa shape index (κ3) is 52.0. The van der Waals surface area contributed by atoms with Gasteiger partial charge in [0, 0.05) is 6.42 Å². The first-order valence-corrected chi connectivity index (χ1v) is 20.5. The van der Waals surface area contributed by atoms with Crippen LogP contribution in [0.1, 0.15) is 72.6 Å². The number of carbonyl (C=O) groups excluding carboxylic acids is 1. The molecule has 1 unspecified atom stereocenters. The van der Waals surface area contributed by atoms with Crippen molar-refractivity contribution in [1.29, 1.82) is 0 Å². The molecule has 1 N–H and O–H groups in total. The SMILES string of the molecule is C.C=CC(O)CCCCC.CCCCCC=O.[I][V]([I])[I]. The fraction of sp³-hybridized carbons (Fsp3) is 0.800. The van der Waals surface area contributed by atoms with E-state index in [1.807, 2.05) is 0 Å². The van der Waals surface area contributed by atoms with Gasteiger partial charge in [-0.15, -0.1) is 6.58 Å². The van der Waals surface area contributed by atoms with Crippen molar-refractivity contribution in [1.82, 2.24) is 0 Å². The van der Waals surface area contributed by atoms with Crippen molar-refractivity contribution in [3.05, 3.63) is 12.7 Å². The molecule has 0 bridgehead atoms. The summed E-state index contributed by atoms with van der Waals surface area (Å²) in [5, 5.41) is 8.97. The Morgan fingerprint density at radius 3 is 1.86 bits per heavy atom. The van der Waals surface area contributed by atoms with E-state index in [1.54, 1.807) is 6.08 Å². The van der Waals surface area contributed by atoms with Gasteiger partial charge in [-0.1, -0.05) is 59.5 Å². The van der Waals surface area contributed by atoms with Crippen LogP contribution in [0.2, 0.25) is 0 Å². The van der Waals surface area contributed by atoms with Crippen LogP contribution in [0, 0.1) is 0 Å². The molecule has 6 heteroatoms. The summed E-state index contributed by atoms with van der Waals surface area (Å²) in [6.07, 6.45) is 10.9. The van der Waals surface area contributed by atoms with Gasteiger partial charge in [0.1, 0.15) is 6.29 Å². The summed E-state index contributed by atoms with van der Waals surface area (Å²) < 4.78 is 0. The molecular formula is C15H32I3O2V. The molecule has 0 amide bonds. The predicted molar refractivity (Wildman–Crippen MR) is 119 cm³/mol. The van der Waals surface area contributed by atoms with Gasteiger partial charge in [-0.05, 0) is 12.8 Å². The molecule has 0 aromatic heterocycles. The number of unbranched alkanes of at least 4 members (excludes halogenated alkanes) is 5. The van der Waals surface area contributed by atoms with Gasteiger partial charge in [-0.2, -0.15) is 0 Å². The summed E-state index contributed by atoms with van der Waals surface area (Å²) in [5.74, 6) is 0. The monoisotopic (exact) mass is 676 g/mol. The van der Waals surface area contributed by atoms with Crippen molar-refractivity contribution in [2.75, 3.05) is 0 Å². The molecule has 1 atom stereocenters. The van der Waals surface area contributed by atoms with Crippen LogP contribution in [0.15, 0.2) is 12.7 Å². The van der Waals surface area contributed by atoms with E-state index in [9.17, 15) is 4.79 Å². The summed E-state index contributed by atoms with van der Waals surface area (Å²) in [6, 6.07) is 0. The second-order valence-electron chi connectivity index (χ2n) is 4.15. The van der Waals surface area contributed by atoms with Gasteiger partial charge >= 0.3 is 64.9 Å². The second kappa shape index (κ2) is 30.1. The number of aliphatic hydroxyl groups is 1. The Balaban J connectivity index is -0.000000108. The van der Waals surface area contributed by atoms with Crippen molar-refractivity contribution in [3.63, 3.8) is 0 Å². The Kier molecular flexibility index (Phi) is 44.3. The summed E-state index contributed by atoms with van der Waals surface area (Å²) in [4.78, 5) is 9.40. The molecule has 0 fully saturated rings. The van der Waals surface area contributed by atoms with E-state index in [-0.39, 0.29) is 18.5 Å². The van der Waals surface area contributed by atoms with Crippen LogP contribution < -0.4 is 0 Å². The maximum atomic E-state index is 9.68. The van der Waals surface area contributed by atoms with Gasteiger partial charge in [-0.25, -0.2) is 0 Å². The Morgan fingerprint density at radius 1 is 1.10 bits per heavy atom. The van der Waals surface area contributed by atoms with Gasteiger partial charge in [0.25, 0.3) is 0 Å². The molecule has 0 aliphatic carbocycles. The van der Waals surface area contributed by atoms with E-state index in [2.05, 4.69) is 80.4 Å². The van der Waals surface area contributed by atoms with E-state index >= 15 is 0 Å². The van der Waals surface area contributed by atoms with Crippen LogP contribution in [0.3, 0.4) is 0 Å². The average Bonchev–Trinajstić information content (AvgIpc) is 2.39. The number of rotatable bonds is 9. The van der Waals surface area contributed by atoms with Crippen molar-refractivity contribution < 1.29 is 14.8 Å². The maximum absolute atomic E-state index is 9.68. The number of aldehydes is 1. The molecule has 0 aromatic carbocycles. The number of hydrogen-bond acceptors (Lipinski definition) is 2. The normalized spacial score (nSPS) is 10.2. The molecule has 2 nitrogen and oxygen atoms in total. The van der Waals surface area contributed by atoms with Gasteiger partial charge in [0.05, 0.1) is 6.10 Å². The molecule has 0 aromatic rings. The van der Waals surface area contributed by atoms with Crippen LogP contribution >= 0.6 is 59.9 Å². The topological polar surface area (TPSA) is 37.3 Å². The minimum absolute atomic E-state index is 0. The van der Waals surface area contributed by atoms with Gasteiger partial charge in [0.2, 0.25) is 0 Å². The van der Waals surface area contributed by atoms with Crippen LogP contribution in [-0.2, 0) is 9.72 Å². The van der Waals surface area contributed by atoms with Crippen LogP contribution in [0.25, 0.3) is 0 Å². The Morgan fingerprint density at radius 2 is 1.52 bits per heavy atom. The van der Waals surface area contributed by atoms with E-state index in [1.165, 1.54) is 25.7 Å². The third-order valence-corrected chi connectivity index (χ3v) is 2.30. The van der Waals surface area contributed by atoms with Gasteiger partial charge in [0.15, 0.2) is 0 Å². The van der Waals surface area contributed by atoms with Crippen molar-refractivity contribution in [3.8, 4) is 0 Å². The third-order valence-electron chi connectivity index (χ3n) is 2.30. The van der Waals surface area contributed by atoms with Crippen LogP contribution in [0.5, 0.6) is 0 Å². The molecule has 21 heavy (non-hydrogen) atoms. The first kappa shape index (κ1) is 31.0. The zero-order valence-electron chi connectivity index (χ0n) is 12.5. The summed E-state index contributed by atoms with van der Waals surface area (Å²) in [5.41, 5.74) is 0. The molecule has 0 saturated carbocycles. The summed E-state index contributed by atoms with van der Waals surface area (Å²) >= 11 is 7.39. The first-order valence-electron chi connectivity index (χ1n) is 6.97. The molecule has 0 rings (SSSR count). The van der Waals surface area contributed by atoms with E-state index in [0.29, 0.717) is 0 Å². The van der Waals surface area contributed by atoms with E-state index in [0.717, 1.165) is 32.0 Å². The molecule has 0 heterocycles. The Labute approximate surface area is 170 Å². The average molecular weight is 676 g/mol. The van der Waals surface area contributed by atoms with Crippen LogP contribution in [0.4, 0.5) is 0 Å². The standard InChI is InChI=1S/C8H16O.C6H12O.CH4.3HI.V/c1-3-5-6-7-8(9)4-2;1-2-3-4-5-6-7;;;;;/h4,8-9H,2-3,5-7H2,1H3;6H,2-5H2,1H3;1H4;3*1H;/q;;;;;;+3/p-3. The number of hydrogen-bond donors (Lipinski definition) is 1. The quantitative estimate of drug-likeness (QED) is 0.122. The zero-order chi connectivity index (χ0) is 16.2. The van der Waals surface area contributed by atoms with E-state index < -0.39 is 0 Å². The molecule has 0 aliphatic rings. The fourth-order valence-electron chi connectivity index (χ4n) is 1.20. The van der Waals surface area contributed by atoms with Crippen molar-refractivity contribution >= 4 is 66.2 Å². The number of aliphatic hydroxyl groups excluding tert-OH is 1. The molecule has 130 valence electrons. The number of carbonyl (C=O) groups is 1. The van der Waals surface area contributed by atoms with Crippen LogP contribution in [-0.4, -0.2) is 17.5 Å². The number of halogens is 3. The molecule has 0 saturated heterocycles. The molecule has 0 aliphatic heterocycles. The summed E-state index contributed by atoms with van der Waals surface area (Å²) in [6.45, 7) is 7.77. The van der Waals surface area contributed by atoms with Crippen molar-refractivity contribution in [2.24, 2.45) is 0 Å². The molecule has 0 spiro atoms. The van der Waals surface area contributed by atoms with Gasteiger partial charge < -0.3 is 9.90 Å². The minimum atomic E-state index is -0.281. The van der Waals surface area contributed by atoms with Crippen molar-refractivity contribution in [2.45, 2.75) is 78.7 Å². The molecular weight excluding hydrogens is 644 g/mol. The summed E-state index contributed by atoms with van der Waals surface area (Å²) in [7, 11) is 0. The van der Waals surface area contributed by atoms with E-state index in [4.69, 9.17) is 5.11 Å². The fourth-order valence-corrected chi connectivity index (χ4v) is 1.20. The Bertz CT molecular complexity index is 191. The Hall–Kier alpha value is 2.14. The predicted octanol–water partition coefficient (Wildman–Crippen LogP) is 7.17. The molecule has 0 radical (unpaired) electrons. The van der Waals surface area contributed by atoms with Gasteiger partial charge in [-0.3, -0.25) is 0 Å². The first-order chi connectivity index (χ1) is 9.45.